The summed E-state index contributed by atoms with van der Waals surface area (Å²) in [5.74, 6) is 0.0727. The van der Waals surface area contributed by atoms with E-state index in [2.05, 4.69) is 0 Å². The molecule has 0 heterocycles. The summed E-state index contributed by atoms with van der Waals surface area (Å²) in [5, 5.41) is 0. The predicted molar refractivity (Wildman–Crippen MR) is 81.6 cm³/mol. The zero-order valence-electron chi connectivity index (χ0n) is 12.3. The number of benzene rings is 2. The van der Waals surface area contributed by atoms with E-state index in [0.29, 0.717) is 11.3 Å². The first-order chi connectivity index (χ1) is 10.0. The number of hydrogen-bond acceptors (Lipinski definition) is 3. The van der Waals surface area contributed by atoms with Gasteiger partial charge in [-0.3, -0.25) is 9.59 Å². The van der Waals surface area contributed by atoms with Crippen molar-refractivity contribution in [3.63, 3.8) is 0 Å². The molecular weight excluding hydrogens is 264 g/mol. The van der Waals surface area contributed by atoms with Crippen LogP contribution in [-0.4, -0.2) is 11.8 Å². The lowest BCUT2D eigenvalue weighted by molar-refractivity contribution is -0.134. The third-order valence-electron chi connectivity index (χ3n) is 3.18. The van der Waals surface area contributed by atoms with E-state index >= 15 is 0 Å². The molecular formula is C18H18O3. The SMILES string of the molecule is Cc1ccc(OC(=O)CCC(=O)c2ccc(C)cc2)cc1. The molecule has 0 unspecified atom stereocenters. The number of rotatable bonds is 5. The number of Topliss-reactive ketones (excluding diaryl/α,β-unsaturated/α-hetero) is 1. The normalized spacial score (nSPS) is 10.2. The Bertz CT molecular complexity index is 625. The van der Waals surface area contributed by atoms with Crippen LogP contribution < -0.4 is 4.74 Å². The average Bonchev–Trinajstić information content (AvgIpc) is 2.48. The summed E-state index contributed by atoms with van der Waals surface area (Å²) in [6.07, 6.45) is 0.244. The van der Waals surface area contributed by atoms with Gasteiger partial charge in [-0.1, -0.05) is 47.5 Å². The van der Waals surface area contributed by atoms with Gasteiger partial charge in [0.15, 0.2) is 5.78 Å². The maximum absolute atomic E-state index is 11.9. The Morgan fingerprint density at radius 2 is 1.33 bits per heavy atom. The van der Waals surface area contributed by atoms with Gasteiger partial charge in [0.2, 0.25) is 0 Å². The van der Waals surface area contributed by atoms with Gasteiger partial charge >= 0.3 is 5.97 Å². The van der Waals surface area contributed by atoms with Gasteiger partial charge in [0.25, 0.3) is 0 Å². The van der Waals surface area contributed by atoms with Crippen molar-refractivity contribution in [1.29, 1.82) is 0 Å². The van der Waals surface area contributed by atoms with E-state index in [9.17, 15) is 9.59 Å². The molecule has 0 spiro atoms. The Kier molecular flexibility index (Phi) is 4.88. The molecule has 108 valence electrons. The van der Waals surface area contributed by atoms with Crippen LogP contribution >= 0.6 is 0 Å². The second-order valence-electron chi connectivity index (χ2n) is 5.08. The number of hydrogen-bond donors (Lipinski definition) is 0. The van der Waals surface area contributed by atoms with E-state index < -0.39 is 0 Å². The molecule has 0 aliphatic heterocycles. The maximum Gasteiger partial charge on any atom is 0.311 e. The molecule has 2 aromatic rings. The van der Waals surface area contributed by atoms with Crippen LogP contribution in [0.4, 0.5) is 0 Å². The third kappa shape index (κ3) is 4.56. The summed E-state index contributed by atoms with van der Waals surface area (Å²) in [5.41, 5.74) is 2.83. The molecule has 0 aliphatic carbocycles. The van der Waals surface area contributed by atoms with Crippen LogP contribution in [0.2, 0.25) is 0 Å². The first-order valence-electron chi connectivity index (χ1n) is 6.92. The molecule has 0 aliphatic rings. The highest BCUT2D eigenvalue weighted by molar-refractivity contribution is 5.97. The minimum absolute atomic E-state index is 0.0455. The highest BCUT2D eigenvalue weighted by atomic mass is 16.5. The van der Waals surface area contributed by atoms with Crippen LogP contribution in [0.25, 0.3) is 0 Å². The summed E-state index contributed by atoms with van der Waals surface area (Å²) < 4.78 is 5.18. The van der Waals surface area contributed by atoms with Gasteiger partial charge in [-0.15, -0.1) is 0 Å². The number of aryl methyl sites for hydroxylation is 2. The van der Waals surface area contributed by atoms with Gasteiger partial charge in [-0.05, 0) is 26.0 Å². The van der Waals surface area contributed by atoms with E-state index in [0.717, 1.165) is 11.1 Å². The Hall–Kier alpha value is -2.42. The van der Waals surface area contributed by atoms with Crippen molar-refractivity contribution in [1.82, 2.24) is 0 Å². The molecule has 0 amide bonds. The summed E-state index contributed by atoms with van der Waals surface area (Å²) in [6, 6.07) is 14.6. The molecule has 3 nitrogen and oxygen atoms in total. The average molecular weight is 282 g/mol. The lowest BCUT2D eigenvalue weighted by Gasteiger charge is -2.05. The molecule has 0 N–H and O–H groups in total. The lowest BCUT2D eigenvalue weighted by Crippen LogP contribution is -2.10. The number of esters is 1. The van der Waals surface area contributed by atoms with Crippen molar-refractivity contribution in [3.05, 3.63) is 65.2 Å². The smallest absolute Gasteiger partial charge is 0.311 e. The first kappa shape index (κ1) is 15.0. The predicted octanol–water partition coefficient (Wildman–Crippen LogP) is 3.87. The number of carbonyl (C=O) groups is 2. The Morgan fingerprint density at radius 3 is 1.90 bits per heavy atom. The van der Waals surface area contributed by atoms with E-state index in [1.165, 1.54) is 0 Å². The van der Waals surface area contributed by atoms with E-state index in [1.54, 1.807) is 24.3 Å². The summed E-state index contributed by atoms with van der Waals surface area (Å²) >= 11 is 0. The van der Waals surface area contributed by atoms with Gasteiger partial charge < -0.3 is 4.74 Å². The van der Waals surface area contributed by atoms with E-state index in [-0.39, 0.29) is 24.6 Å². The highest BCUT2D eigenvalue weighted by Crippen LogP contribution is 2.13. The molecule has 2 aromatic carbocycles. The number of ether oxygens (including phenoxy) is 1. The molecule has 0 saturated heterocycles. The Morgan fingerprint density at radius 1 is 0.810 bits per heavy atom. The van der Waals surface area contributed by atoms with Gasteiger partial charge in [-0.2, -0.15) is 0 Å². The molecule has 21 heavy (non-hydrogen) atoms. The van der Waals surface area contributed by atoms with Crippen LogP contribution in [0.1, 0.15) is 34.3 Å². The zero-order chi connectivity index (χ0) is 15.2. The van der Waals surface area contributed by atoms with Crippen molar-refractivity contribution in [2.24, 2.45) is 0 Å². The topological polar surface area (TPSA) is 43.4 Å². The summed E-state index contributed by atoms with van der Waals surface area (Å²) in [7, 11) is 0. The van der Waals surface area contributed by atoms with Crippen molar-refractivity contribution in [2.75, 3.05) is 0 Å². The molecule has 0 saturated carbocycles. The molecule has 0 atom stereocenters. The van der Waals surface area contributed by atoms with Crippen molar-refractivity contribution in [2.45, 2.75) is 26.7 Å². The van der Waals surface area contributed by atoms with Crippen molar-refractivity contribution in [3.8, 4) is 5.75 Å². The monoisotopic (exact) mass is 282 g/mol. The molecule has 0 aromatic heterocycles. The molecule has 2 rings (SSSR count). The van der Waals surface area contributed by atoms with Gasteiger partial charge in [-0.25, -0.2) is 0 Å². The quantitative estimate of drug-likeness (QED) is 0.475. The van der Waals surface area contributed by atoms with Crippen LogP contribution in [0, 0.1) is 13.8 Å². The molecule has 0 fully saturated rings. The minimum Gasteiger partial charge on any atom is -0.427 e. The standard InChI is InChI=1S/C18H18O3/c1-13-3-7-15(8-4-13)17(19)11-12-18(20)21-16-9-5-14(2)6-10-16/h3-10H,11-12H2,1-2H3. The van der Waals surface area contributed by atoms with Crippen LogP contribution in [0.5, 0.6) is 5.75 Å². The summed E-state index contributed by atoms with van der Waals surface area (Å²) in [4.78, 5) is 23.7. The largest absolute Gasteiger partial charge is 0.427 e. The summed E-state index contributed by atoms with van der Waals surface area (Å²) in [6.45, 7) is 3.93. The van der Waals surface area contributed by atoms with Crippen molar-refractivity contribution < 1.29 is 14.3 Å². The first-order valence-corrected chi connectivity index (χ1v) is 6.92. The fourth-order valence-electron chi connectivity index (χ4n) is 1.89. The van der Waals surface area contributed by atoms with Gasteiger partial charge in [0, 0.05) is 12.0 Å². The number of ketones is 1. The molecule has 0 bridgehead atoms. The molecule has 0 radical (unpaired) electrons. The Balaban J connectivity index is 1.84. The van der Waals surface area contributed by atoms with Gasteiger partial charge in [0.1, 0.15) is 5.75 Å². The van der Waals surface area contributed by atoms with E-state index in [1.807, 2.05) is 38.1 Å². The van der Waals surface area contributed by atoms with E-state index in [4.69, 9.17) is 4.74 Å². The van der Waals surface area contributed by atoms with Crippen LogP contribution in [0.3, 0.4) is 0 Å². The minimum atomic E-state index is -0.390. The fourth-order valence-corrected chi connectivity index (χ4v) is 1.89. The fraction of sp³-hybridized carbons (Fsp3) is 0.222. The second kappa shape index (κ2) is 6.84. The maximum atomic E-state index is 11.9. The third-order valence-corrected chi connectivity index (χ3v) is 3.18. The Labute approximate surface area is 124 Å². The number of carbonyl (C=O) groups excluding carboxylic acids is 2. The zero-order valence-corrected chi connectivity index (χ0v) is 12.3. The molecule has 3 heteroatoms. The van der Waals surface area contributed by atoms with Gasteiger partial charge in [0.05, 0.1) is 6.42 Å². The van der Waals surface area contributed by atoms with Crippen molar-refractivity contribution >= 4 is 11.8 Å². The second-order valence-corrected chi connectivity index (χ2v) is 5.08. The van der Waals surface area contributed by atoms with Crippen LogP contribution in [0.15, 0.2) is 48.5 Å². The lowest BCUT2D eigenvalue weighted by atomic mass is 10.1. The van der Waals surface area contributed by atoms with Crippen LogP contribution in [-0.2, 0) is 4.79 Å². The highest BCUT2D eigenvalue weighted by Gasteiger charge is 2.10.